The third-order valence-corrected chi connectivity index (χ3v) is 5.25. The Balaban J connectivity index is 2.02. The highest BCUT2D eigenvalue weighted by atomic mass is 16.5. The fourth-order valence-corrected chi connectivity index (χ4v) is 3.72. The van der Waals surface area contributed by atoms with Crippen LogP contribution in [0.25, 0.3) is 16.9 Å². The Labute approximate surface area is 165 Å². The number of methoxy groups -OCH3 is 1. The predicted molar refractivity (Wildman–Crippen MR) is 107 cm³/mol. The van der Waals surface area contributed by atoms with Gasteiger partial charge in [0.1, 0.15) is 6.54 Å². The summed E-state index contributed by atoms with van der Waals surface area (Å²) in [6.45, 7) is 3.54. The molecule has 0 saturated carbocycles. The number of carbonyl (C=O) groups is 1. The molecule has 29 heavy (non-hydrogen) atoms. The molecule has 1 atom stereocenters. The lowest BCUT2D eigenvalue weighted by atomic mass is 10.1. The van der Waals surface area contributed by atoms with Crippen molar-refractivity contribution in [2.45, 2.75) is 26.4 Å². The highest BCUT2D eigenvalue weighted by molar-refractivity contribution is 5.76. The Kier molecular flexibility index (Phi) is 4.37. The first kappa shape index (κ1) is 18.7. The van der Waals surface area contributed by atoms with Gasteiger partial charge in [0.15, 0.2) is 11.2 Å². The van der Waals surface area contributed by atoms with E-state index in [1.165, 1.54) is 18.7 Å². The first-order valence-corrected chi connectivity index (χ1v) is 9.16. The van der Waals surface area contributed by atoms with E-state index in [1.54, 1.807) is 4.40 Å². The fourth-order valence-electron chi connectivity index (χ4n) is 3.72. The van der Waals surface area contributed by atoms with Crippen LogP contribution in [0.15, 0.2) is 46.1 Å². The van der Waals surface area contributed by atoms with Gasteiger partial charge in [0.25, 0.3) is 5.56 Å². The molecular formula is C20H21N5O4. The number of esters is 1. The van der Waals surface area contributed by atoms with Crippen molar-refractivity contribution < 1.29 is 9.53 Å². The summed E-state index contributed by atoms with van der Waals surface area (Å²) in [5.74, 6) is -0.118. The number of fused-ring (bicyclic) bond motifs is 3. The summed E-state index contributed by atoms with van der Waals surface area (Å²) in [7, 11) is 2.74. The molecule has 3 aromatic heterocycles. The monoisotopic (exact) mass is 395 g/mol. The molecule has 0 aliphatic rings. The molecule has 0 unspecified atom stereocenters. The van der Waals surface area contributed by atoms with E-state index in [0.717, 1.165) is 15.8 Å². The van der Waals surface area contributed by atoms with Crippen molar-refractivity contribution in [3.8, 4) is 0 Å². The molecule has 0 radical (unpaired) electrons. The van der Waals surface area contributed by atoms with Crippen molar-refractivity contribution in [2.24, 2.45) is 7.05 Å². The zero-order chi connectivity index (χ0) is 20.9. The van der Waals surface area contributed by atoms with Crippen LogP contribution in [-0.2, 0) is 23.1 Å². The molecular weight excluding hydrogens is 374 g/mol. The quantitative estimate of drug-likeness (QED) is 0.485. The van der Waals surface area contributed by atoms with Crippen LogP contribution in [-0.4, -0.2) is 36.2 Å². The van der Waals surface area contributed by atoms with E-state index in [0.29, 0.717) is 5.78 Å². The minimum absolute atomic E-state index is 0.0279. The SMILES string of the molecule is COC(=O)Cn1c(=O)c2c(nc3n([C@H](C)c4ccccc4)c(C)cn23)n(C)c1=O. The van der Waals surface area contributed by atoms with Crippen molar-refractivity contribution in [2.75, 3.05) is 7.11 Å². The fraction of sp³-hybridized carbons (Fsp3) is 0.300. The Hall–Kier alpha value is -3.62. The number of rotatable bonds is 4. The number of carbonyl (C=O) groups excluding carboxylic acids is 1. The number of hydrogen-bond donors (Lipinski definition) is 0. The second-order valence-corrected chi connectivity index (χ2v) is 6.99. The Morgan fingerprint density at radius 3 is 2.55 bits per heavy atom. The smallest absolute Gasteiger partial charge is 0.333 e. The van der Waals surface area contributed by atoms with Gasteiger partial charge in [-0.1, -0.05) is 30.3 Å². The van der Waals surface area contributed by atoms with Crippen molar-refractivity contribution >= 4 is 22.9 Å². The highest BCUT2D eigenvalue weighted by Gasteiger charge is 2.23. The molecule has 9 nitrogen and oxygen atoms in total. The van der Waals surface area contributed by atoms with E-state index in [4.69, 9.17) is 0 Å². The van der Waals surface area contributed by atoms with Crippen LogP contribution < -0.4 is 11.2 Å². The lowest BCUT2D eigenvalue weighted by Gasteiger charge is -2.16. The molecule has 0 aliphatic heterocycles. The molecule has 4 rings (SSSR count). The molecule has 0 bridgehead atoms. The summed E-state index contributed by atoms with van der Waals surface area (Å²) in [4.78, 5) is 42.0. The van der Waals surface area contributed by atoms with Crippen molar-refractivity contribution in [3.05, 3.63) is 68.6 Å². The third-order valence-electron chi connectivity index (χ3n) is 5.25. The number of nitrogens with zero attached hydrogens (tertiary/aromatic N) is 5. The molecule has 0 fully saturated rings. The van der Waals surface area contributed by atoms with Gasteiger partial charge >= 0.3 is 11.7 Å². The maximum absolute atomic E-state index is 13.1. The number of ether oxygens (including phenoxy) is 1. The Morgan fingerprint density at radius 2 is 1.90 bits per heavy atom. The molecule has 0 aliphatic carbocycles. The zero-order valence-corrected chi connectivity index (χ0v) is 16.6. The minimum atomic E-state index is -0.671. The first-order valence-electron chi connectivity index (χ1n) is 9.16. The number of imidazole rings is 2. The van der Waals surface area contributed by atoms with E-state index in [2.05, 4.69) is 16.6 Å². The first-order chi connectivity index (χ1) is 13.8. The van der Waals surface area contributed by atoms with E-state index >= 15 is 0 Å². The molecule has 4 aromatic rings. The van der Waals surface area contributed by atoms with Crippen LogP contribution in [0.3, 0.4) is 0 Å². The topological polar surface area (TPSA) is 92.5 Å². The van der Waals surface area contributed by atoms with Crippen LogP contribution in [0.4, 0.5) is 0 Å². The number of aromatic nitrogens is 5. The number of hydrogen-bond acceptors (Lipinski definition) is 5. The van der Waals surface area contributed by atoms with Gasteiger partial charge in [-0.2, -0.15) is 4.98 Å². The largest absolute Gasteiger partial charge is 0.468 e. The van der Waals surface area contributed by atoms with E-state index in [1.807, 2.05) is 48.0 Å². The molecule has 0 amide bonds. The van der Waals surface area contributed by atoms with Gasteiger partial charge in [-0.3, -0.25) is 18.6 Å². The standard InChI is InChI=1S/C20H21N5O4/c1-12-10-23-16-17(22(3)20(28)24(18(16)27)11-15(26)29-4)21-19(23)25(12)13(2)14-8-6-5-7-9-14/h5-10,13H,11H2,1-4H3/t13-/m1/s1. The molecule has 0 N–H and O–H groups in total. The second kappa shape index (κ2) is 6.77. The molecule has 9 heteroatoms. The normalized spacial score (nSPS) is 12.6. The van der Waals surface area contributed by atoms with Crippen LogP contribution in [0.2, 0.25) is 0 Å². The predicted octanol–water partition coefficient (Wildman–Crippen LogP) is 1.24. The Morgan fingerprint density at radius 1 is 1.21 bits per heavy atom. The maximum atomic E-state index is 13.1. The van der Waals surface area contributed by atoms with E-state index in [9.17, 15) is 14.4 Å². The third kappa shape index (κ3) is 2.77. The lowest BCUT2D eigenvalue weighted by molar-refractivity contribution is -0.141. The molecule has 1 aromatic carbocycles. The number of aryl methyl sites for hydroxylation is 2. The summed E-state index contributed by atoms with van der Waals surface area (Å²) in [6, 6.07) is 9.93. The average Bonchev–Trinajstić information content (AvgIpc) is 3.24. The summed E-state index contributed by atoms with van der Waals surface area (Å²) < 4.78 is 10.5. The van der Waals surface area contributed by atoms with Gasteiger partial charge < -0.3 is 9.30 Å². The average molecular weight is 395 g/mol. The Bertz CT molecular complexity index is 1360. The molecule has 0 spiro atoms. The zero-order valence-electron chi connectivity index (χ0n) is 16.6. The van der Waals surface area contributed by atoms with Gasteiger partial charge in [0, 0.05) is 18.9 Å². The second-order valence-electron chi connectivity index (χ2n) is 6.99. The summed E-state index contributed by atoms with van der Waals surface area (Å²) in [6.07, 6.45) is 1.82. The summed E-state index contributed by atoms with van der Waals surface area (Å²) in [5.41, 5.74) is 1.33. The summed E-state index contributed by atoms with van der Waals surface area (Å²) in [5, 5.41) is 0. The van der Waals surface area contributed by atoms with Crippen molar-refractivity contribution in [1.82, 2.24) is 23.1 Å². The van der Waals surface area contributed by atoms with Gasteiger partial charge in [0.2, 0.25) is 5.78 Å². The van der Waals surface area contributed by atoms with Crippen LogP contribution in [0, 0.1) is 6.92 Å². The minimum Gasteiger partial charge on any atom is -0.468 e. The van der Waals surface area contributed by atoms with Crippen molar-refractivity contribution in [1.29, 1.82) is 0 Å². The molecule has 3 heterocycles. The van der Waals surface area contributed by atoms with Gasteiger partial charge in [-0.05, 0) is 19.4 Å². The maximum Gasteiger partial charge on any atom is 0.333 e. The molecule has 0 saturated heterocycles. The van der Waals surface area contributed by atoms with Crippen LogP contribution in [0.5, 0.6) is 0 Å². The molecule has 150 valence electrons. The van der Waals surface area contributed by atoms with E-state index < -0.39 is 23.8 Å². The van der Waals surface area contributed by atoms with Gasteiger partial charge in [-0.25, -0.2) is 9.36 Å². The van der Waals surface area contributed by atoms with Gasteiger partial charge in [0.05, 0.1) is 13.2 Å². The van der Waals surface area contributed by atoms with Crippen molar-refractivity contribution in [3.63, 3.8) is 0 Å². The highest BCUT2D eigenvalue weighted by Crippen LogP contribution is 2.25. The summed E-state index contributed by atoms with van der Waals surface area (Å²) >= 11 is 0. The van der Waals surface area contributed by atoms with Gasteiger partial charge in [-0.15, -0.1) is 0 Å². The number of benzene rings is 1. The van der Waals surface area contributed by atoms with E-state index in [-0.39, 0.29) is 17.2 Å². The van der Waals surface area contributed by atoms with Crippen LogP contribution >= 0.6 is 0 Å². The lowest BCUT2D eigenvalue weighted by Crippen LogP contribution is -2.41. The van der Waals surface area contributed by atoms with Crippen LogP contribution in [0.1, 0.15) is 24.2 Å².